The molecule has 192 valence electrons. The molecule has 5 amide bonds. The minimum atomic E-state index is -1.05. The Hall–Kier alpha value is -4.84. The molecule has 1 saturated heterocycles. The summed E-state index contributed by atoms with van der Waals surface area (Å²) in [6.07, 6.45) is 1.22. The van der Waals surface area contributed by atoms with Gasteiger partial charge in [-0.1, -0.05) is 34.1 Å². The molecule has 1 aliphatic heterocycles. The zero-order chi connectivity index (χ0) is 27.4. The van der Waals surface area contributed by atoms with Crippen molar-refractivity contribution in [3.05, 3.63) is 98.0 Å². The molecule has 0 unspecified atom stereocenters. The fourth-order valence-electron chi connectivity index (χ4n) is 3.62. The summed E-state index contributed by atoms with van der Waals surface area (Å²) in [5.41, 5.74) is 1.01. The maximum atomic E-state index is 13.2. The summed E-state index contributed by atoms with van der Waals surface area (Å²) in [4.78, 5) is 61.8. The highest BCUT2D eigenvalue weighted by molar-refractivity contribution is 9.10. The van der Waals surface area contributed by atoms with E-state index in [4.69, 9.17) is 4.74 Å². The molecule has 0 spiro atoms. The lowest BCUT2D eigenvalue weighted by Gasteiger charge is -2.26. The van der Waals surface area contributed by atoms with Crippen LogP contribution in [-0.2, 0) is 14.4 Å². The van der Waals surface area contributed by atoms with Crippen LogP contribution in [0.2, 0.25) is 0 Å². The van der Waals surface area contributed by atoms with Crippen molar-refractivity contribution >= 4 is 62.8 Å². The van der Waals surface area contributed by atoms with E-state index in [1.165, 1.54) is 24.3 Å². The quantitative estimate of drug-likeness (QED) is 0.183. The van der Waals surface area contributed by atoms with Crippen LogP contribution in [0.5, 0.6) is 5.75 Å². The van der Waals surface area contributed by atoms with Gasteiger partial charge in [-0.2, -0.15) is 0 Å². The monoisotopic (exact) mass is 578 g/mol. The van der Waals surface area contributed by atoms with Gasteiger partial charge >= 0.3 is 6.03 Å². The number of nitrogens with zero attached hydrogens (tertiary/aromatic N) is 2. The number of nitro benzene ring substituents is 1. The molecule has 2 N–H and O–H groups in total. The number of non-ortho nitro benzene ring substituents is 1. The van der Waals surface area contributed by atoms with Crippen molar-refractivity contribution in [1.82, 2.24) is 5.32 Å². The van der Waals surface area contributed by atoms with Gasteiger partial charge in [-0.3, -0.25) is 29.8 Å². The van der Waals surface area contributed by atoms with Gasteiger partial charge in [-0.25, -0.2) is 9.69 Å². The number of halogens is 1. The van der Waals surface area contributed by atoms with Crippen molar-refractivity contribution in [2.24, 2.45) is 0 Å². The molecule has 0 aliphatic carbocycles. The first-order valence-electron chi connectivity index (χ1n) is 11.1. The number of anilines is 2. The second-order valence-corrected chi connectivity index (χ2v) is 9.04. The molecule has 12 heteroatoms. The Morgan fingerprint density at radius 3 is 2.61 bits per heavy atom. The number of aryl methyl sites for hydroxylation is 1. The molecule has 0 aromatic heterocycles. The molecule has 3 aromatic carbocycles. The standard InChI is InChI=1S/C26H19BrN4O7/c1-15-4-2-5-18(10-15)28-23(32)14-38-22-9-8-17(27)11-16(22)12-21-24(33)29-26(35)30(25(21)34)19-6-3-7-20(13-19)31(36)37/h2-13H,14H2,1H3,(H,28,32)(H,29,33,35)/b21-12+. The third kappa shape index (κ3) is 5.93. The molecule has 0 saturated carbocycles. The molecular weight excluding hydrogens is 560 g/mol. The van der Waals surface area contributed by atoms with E-state index < -0.39 is 34.2 Å². The number of hydrogen-bond acceptors (Lipinski definition) is 7. The highest BCUT2D eigenvalue weighted by Gasteiger charge is 2.37. The summed E-state index contributed by atoms with van der Waals surface area (Å²) in [7, 11) is 0. The average Bonchev–Trinajstić information content (AvgIpc) is 2.86. The molecule has 11 nitrogen and oxygen atoms in total. The van der Waals surface area contributed by atoms with Crippen molar-refractivity contribution in [1.29, 1.82) is 0 Å². The number of nitrogens with one attached hydrogen (secondary N) is 2. The minimum absolute atomic E-state index is 0.0846. The van der Waals surface area contributed by atoms with Gasteiger partial charge in [0.15, 0.2) is 6.61 Å². The first-order chi connectivity index (χ1) is 18.1. The van der Waals surface area contributed by atoms with Gasteiger partial charge < -0.3 is 10.1 Å². The highest BCUT2D eigenvalue weighted by atomic mass is 79.9. The van der Waals surface area contributed by atoms with Gasteiger partial charge in [0, 0.05) is 27.9 Å². The van der Waals surface area contributed by atoms with E-state index in [-0.39, 0.29) is 29.3 Å². The van der Waals surface area contributed by atoms with Crippen molar-refractivity contribution in [3.8, 4) is 5.75 Å². The zero-order valence-corrected chi connectivity index (χ0v) is 21.4. The van der Waals surface area contributed by atoms with Crippen LogP contribution in [0.4, 0.5) is 21.9 Å². The van der Waals surface area contributed by atoms with Crippen LogP contribution >= 0.6 is 15.9 Å². The Morgan fingerprint density at radius 2 is 1.87 bits per heavy atom. The molecule has 1 fully saturated rings. The van der Waals surface area contributed by atoms with Gasteiger partial charge in [-0.05, 0) is 55.0 Å². The van der Waals surface area contributed by atoms with E-state index in [9.17, 15) is 29.3 Å². The van der Waals surface area contributed by atoms with Gasteiger partial charge in [0.25, 0.3) is 23.4 Å². The van der Waals surface area contributed by atoms with Crippen LogP contribution in [-0.4, -0.2) is 35.3 Å². The van der Waals surface area contributed by atoms with E-state index in [0.29, 0.717) is 15.1 Å². The molecule has 0 radical (unpaired) electrons. The van der Waals surface area contributed by atoms with E-state index >= 15 is 0 Å². The third-order valence-corrected chi connectivity index (χ3v) is 5.83. The smallest absolute Gasteiger partial charge is 0.335 e. The number of nitro groups is 1. The third-order valence-electron chi connectivity index (χ3n) is 5.33. The molecular formula is C26H19BrN4O7. The highest BCUT2D eigenvalue weighted by Crippen LogP contribution is 2.29. The van der Waals surface area contributed by atoms with Crippen LogP contribution < -0.4 is 20.3 Å². The number of rotatable bonds is 7. The van der Waals surface area contributed by atoms with Crippen LogP contribution in [0.3, 0.4) is 0 Å². The lowest BCUT2D eigenvalue weighted by molar-refractivity contribution is -0.384. The largest absolute Gasteiger partial charge is 0.483 e. The Morgan fingerprint density at radius 1 is 1.11 bits per heavy atom. The molecule has 4 rings (SSSR count). The summed E-state index contributed by atoms with van der Waals surface area (Å²) in [5.74, 6) is -2.17. The topological polar surface area (TPSA) is 148 Å². The number of benzene rings is 3. The number of carbonyl (C=O) groups excluding carboxylic acids is 4. The molecule has 0 atom stereocenters. The summed E-state index contributed by atoms with van der Waals surface area (Å²) >= 11 is 3.32. The summed E-state index contributed by atoms with van der Waals surface area (Å²) in [6.45, 7) is 1.54. The number of urea groups is 1. The second kappa shape index (κ2) is 11.0. The van der Waals surface area contributed by atoms with Gasteiger partial charge in [0.2, 0.25) is 0 Å². The van der Waals surface area contributed by atoms with Crippen molar-refractivity contribution in [3.63, 3.8) is 0 Å². The number of hydrogen-bond donors (Lipinski definition) is 2. The van der Waals surface area contributed by atoms with E-state index in [1.54, 1.807) is 36.4 Å². The maximum Gasteiger partial charge on any atom is 0.335 e. The van der Waals surface area contributed by atoms with Crippen LogP contribution in [0, 0.1) is 17.0 Å². The van der Waals surface area contributed by atoms with Crippen molar-refractivity contribution < 1.29 is 28.8 Å². The normalized spacial score (nSPS) is 14.3. The molecule has 1 aliphatic rings. The number of carbonyl (C=O) groups is 4. The minimum Gasteiger partial charge on any atom is -0.483 e. The van der Waals surface area contributed by atoms with Crippen LogP contribution in [0.1, 0.15) is 11.1 Å². The Labute approximate surface area is 224 Å². The Bertz CT molecular complexity index is 1520. The zero-order valence-electron chi connectivity index (χ0n) is 19.8. The molecule has 38 heavy (non-hydrogen) atoms. The van der Waals surface area contributed by atoms with Crippen molar-refractivity contribution in [2.75, 3.05) is 16.8 Å². The number of amides is 5. The Kier molecular flexibility index (Phi) is 7.63. The number of ether oxygens (including phenoxy) is 1. The predicted molar refractivity (Wildman–Crippen MR) is 142 cm³/mol. The first-order valence-corrected chi connectivity index (χ1v) is 11.9. The van der Waals surface area contributed by atoms with Crippen molar-refractivity contribution in [2.45, 2.75) is 6.92 Å². The fourth-order valence-corrected chi connectivity index (χ4v) is 4.00. The first kappa shape index (κ1) is 26.2. The summed E-state index contributed by atoms with van der Waals surface area (Å²) in [5, 5.41) is 15.9. The number of imide groups is 2. The average molecular weight is 579 g/mol. The van der Waals surface area contributed by atoms with E-state index in [1.807, 2.05) is 13.0 Å². The second-order valence-electron chi connectivity index (χ2n) is 8.12. The predicted octanol–water partition coefficient (Wildman–Crippen LogP) is 4.35. The van der Waals surface area contributed by atoms with E-state index in [2.05, 4.69) is 26.6 Å². The molecule has 0 bridgehead atoms. The van der Waals surface area contributed by atoms with Crippen LogP contribution in [0.15, 0.2) is 76.8 Å². The van der Waals surface area contributed by atoms with Gasteiger partial charge in [-0.15, -0.1) is 0 Å². The lowest BCUT2D eigenvalue weighted by atomic mass is 10.1. The summed E-state index contributed by atoms with van der Waals surface area (Å²) < 4.78 is 6.26. The maximum absolute atomic E-state index is 13.2. The van der Waals surface area contributed by atoms with E-state index in [0.717, 1.165) is 11.6 Å². The lowest BCUT2D eigenvalue weighted by Crippen LogP contribution is -2.54. The molecule has 1 heterocycles. The van der Waals surface area contributed by atoms with Crippen LogP contribution in [0.25, 0.3) is 6.08 Å². The Balaban J connectivity index is 1.60. The SMILES string of the molecule is Cc1cccc(NC(=O)COc2ccc(Br)cc2/C=C2\C(=O)NC(=O)N(c3cccc([N+](=O)[O-])c3)C2=O)c1. The van der Waals surface area contributed by atoms with Gasteiger partial charge in [0.1, 0.15) is 11.3 Å². The molecule has 3 aromatic rings. The van der Waals surface area contributed by atoms with Gasteiger partial charge in [0.05, 0.1) is 10.6 Å². The number of barbiturate groups is 1. The fraction of sp³-hybridized carbons (Fsp3) is 0.0769. The summed E-state index contributed by atoms with van der Waals surface area (Å²) in [6, 6.07) is 15.9.